The number of amides is 2. The molecule has 4 rings (SSSR count). The number of carbonyl (C=O) groups excluding carboxylic acids is 2. The molecule has 2 heterocycles. The summed E-state index contributed by atoms with van der Waals surface area (Å²) in [5, 5.41) is 8.68. The van der Waals surface area contributed by atoms with Crippen LogP contribution in [0.15, 0.2) is 30.6 Å². The highest BCUT2D eigenvalue weighted by Gasteiger charge is 2.82. The standard InChI is InChI=1S/C24H15ClF10N6O6S/c1-39-17(15(21(26,27)28)16(38-39)47-48(44,45)22(29,23(30,31)32)24(33,34)35)40-9-12(8-37-40)11-3-4-14(25)13(7-11)18(42)41(19(43)46-2)20(10-36)5-6-20/h3-4,7-9H,5-6H2,1-2H3. The fourth-order valence-electron chi connectivity index (χ4n) is 4.29. The summed E-state index contributed by atoms with van der Waals surface area (Å²) in [5.74, 6) is -4.81. The van der Waals surface area contributed by atoms with Gasteiger partial charge in [0.25, 0.3) is 11.8 Å². The lowest BCUT2D eigenvalue weighted by Gasteiger charge is -2.28. The molecule has 1 fully saturated rings. The number of aromatic nitrogens is 4. The van der Waals surface area contributed by atoms with Crippen molar-refractivity contribution in [3.8, 4) is 28.9 Å². The van der Waals surface area contributed by atoms with E-state index in [0.29, 0.717) is 16.6 Å². The highest BCUT2D eigenvalue weighted by Crippen LogP contribution is 2.51. The molecule has 0 spiro atoms. The Labute approximate surface area is 266 Å². The van der Waals surface area contributed by atoms with E-state index in [1.807, 2.05) is 6.07 Å². The van der Waals surface area contributed by atoms with Crippen LogP contribution in [0.5, 0.6) is 5.88 Å². The largest absolute Gasteiger partial charge is 0.452 e. The van der Waals surface area contributed by atoms with Crippen LogP contribution in [0.1, 0.15) is 28.8 Å². The van der Waals surface area contributed by atoms with Crippen LogP contribution in [-0.2, 0) is 28.1 Å². The number of benzene rings is 1. The first-order chi connectivity index (χ1) is 21.9. The van der Waals surface area contributed by atoms with Gasteiger partial charge >= 0.3 is 39.7 Å². The molecule has 2 amide bonds. The molecule has 1 aromatic carbocycles. The molecule has 48 heavy (non-hydrogen) atoms. The molecule has 3 aromatic rings. The van der Waals surface area contributed by atoms with Gasteiger partial charge in [0, 0.05) is 18.8 Å². The van der Waals surface area contributed by atoms with Gasteiger partial charge in [-0.05, 0) is 30.5 Å². The van der Waals surface area contributed by atoms with Gasteiger partial charge < -0.3 is 8.92 Å². The van der Waals surface area contributed by atoms with Crippen molar-refractivity contribution in [3.63, 3.8) is 0 Å². The average molecular weight is 741 g/mol. The van der Waals surface area contributed by atoms with Crippen molar-refractivity contribution in [1.82, 2.24) is 24.5 Å². The van der Waals surface area contributed by atoms with Gasteiger partial charge in [0.1, 0.15) is 5.54 Å². The number of hydrogen-bond acceptors (Lipinski definition) is 9. The van der Waals surface area contributed by atoms with Gasteiger partial charge in [0.05, 0.1) is 30.0 Å². The summed E-state index contributed by atoms with van der Waals surface area (Å²) < 4.78 is 167. The molecule has 260 valence electrons. The van der Waals surface area contributed by atoms with Crippen LogP contribution in [0, 0.1) is 11.3 Å². The molecule has 0 N–H and O–H groups in total. The van der Waals surface area contributed by atoms with Gasteiger partial charge in [-0.25, -0.2) is 23.4 Å². The molecule has 0 saturated heterocycles. The molecule has 1 aliphatic rings. The summed E-state index contributed by atoms with van der Waals surface area (Å²) in [6.07, 6.45) is -19.6. The smallest absolute Gasteiger partial charge is 0.450 e. The van der Waals surface area contributed by atoms with Crippen LogP contribution in [0.2, 0.25) is 5.02 Å². The van der Waals surface area contributed by atoms with E-state index in [1.54, 1.807) is 0 Å². The van der Waals surface area contributed by atoms with Gasteiger partial charge in [-0.2, -0.15) is 58.3 Å². The zero-order valence-electron chi connectivity index (χ0n) is 23.5. The number of halogens is 11. The molecular formula is C24H15ClF10N6O6S. The highest BCUT2D eigenvalue weighted by molar-refractivity contribution is 7.88. The second kappa shape index (κ2) is 11.5. The topological polar surface area (TPSA) is 149 Å². The first kappa shape index (κ1) is 36.2. The molecule has 1 aliphatic carbocycles. The quantitative estimate of drug-likeness (QED) is 0.219. The lowest BCUT2D eigenvalue weighted by atomic mass is 10.0. The Hall–Kier alpha value is -4.59. The van der Waals surface area contributed by atoms with E-state index in [1.165, 1.54) is 6.07 Å². The highest BCUT2D eigenvalue weighted by atomic mass is 35.5. The number of alkyl halides is 10. The first-order valence-corrected chi connectivity index (χ1v) is 14.2. The maximum absolute atomic E-state index is 14.3. The molecule has 24 heteroatoms. The van der Waals surface area contributed by atoms with Crippen molar-refractivity contribution in [1.29, 1.82) is 5.26 Å². The Bertz CT molecular complexity index is 1930. The summed E-state index contributed by atoms with van der Waals surface area (Å²) in [6, 6.07) is 5.25. The minimum Gasteiger partial charge on any atom is -0.452 e. The minimum atomic E-state index is -7.66. The van der Waals surface area contributed by atoms with Crippen LogP contribution in [0.3, 0.4) is 0 Å². The number of ether oxygens (including phenoxy) is 1. The summed E-state index contributed by atoms with van der Waals surface area (Å²) >= 11 is 6.15. The van der Waals surface area contributed by atoms with Crippen LogP contribution in [-0.4, -0.2) is 74.9 Å². The number of rotatable bonds is 7. The van der Waals surface area contributed by atoms with Crippen molar-refractivity contribution in [3.05, 3.63) is 46.7 Å². The van der Waals surface area contributed by atoms with E-state index in [-0.39, 0.29) is 39.2 Å². The third-order valence-corrected chi connectivity index (χ3v) is 8.64. The summed E-state index contributed by atoms with van der Waals surface area (Å²) in [7, 11) is -6.07. The molecule has 0 atom stereocenters. The van der Waals surface area contributed by atoms with Gasteiger partial charge in [0.2, 0.25) is 0 Å². The van der Waals surface area contributed by atoms with Gasteiger partial charge in [-0.3, -0.25) is 4.79 Å². The Balaban J connectivity index is 1.80. The third-order valence-electron chi connectivity index (χ3n) is 6.78. The second-order valence-electron chi connectivity index (χ2n) is 9.88. The fourth-order valence-corrected chi connectivity index (χ4v) is 5.49. The summed E-state index contributed by atoms with van der Waals surface area (Å²) in [5.41, 5.74) is -4.44. The van der Waals surface area contributed by atoms with E-state index >= 15 is 0 Å². The molecular weight excluding hydrogens is 726 g/mol. The van der Waals surface area contributed by atoms with Crippen molar-refractivity contribution >= 4 is 33.7 Å². The van der Waals surface area contributed by atoms with E-state index in [2.05, 4.69) is 19.1 Å². The average Bonchev–Trinajstić information content (AvgIpc) is 3.45. The number of hydrogen-bond donors (Lipinski definition) is 0. The maximum atomic E-state index is 14.3. The number of aryl methyl sites for hydroxylation is 1. The first-order valence-electron chi connectivity index (χ1n) is 12.5. The Morgan fingerprint density at radius 1 is 1.04 bits per heavy atom. The fraction of sp³-hybridized carbons (Fsp3) is 0.375. The lowest BCUT2D eigenvalue weighted by Crippen LogP contribution is -2.60. The van der Waals surface area contributed by atoms with Gasteiger partial charge in [0.15, 0.2) is 11.4 Å². The van der Waals surface area contributed by atoms with Crippen LogP contribution in [0.25, 0.3) is 16.9 Å². The van der Waals surface area contributed by atoms with Crippen LogP contribution < -0.4 is 4.18 Å². The maximum Gasteiger partial charge on any atom is 0.450 e. The Kier molecular flexibility index (Phi) is 8.71. The molecule has 0 radical (unpaired) electrons. The summed E-state index contributed by atoms with van der Waals surface area (Å²) in [6.45, 7) is 0. The number of nitrogens with zero attached hydrogens (tertiary/aromatic N) is 6. The Morgan fingerprint density at radius 3 is 2.10 bits per heavy atom. The van der Waals surface area contributed by atoms with Crippen molar-refractivity contribution < 1.29 is 70.8 Å². The van der Waals surface area contributed by atoms with Crippen LogP contribution in [0.4, 0.5) is 48.7 Å². The van der Waals surface area contributed by atoms with Gasteiger partial charge in [-0.1, -0.05) is 17.7 Å². The van der Waals surface area contributed by atoms with E-state index in [4.69, 9.17) is 11.6 Å². The minimum absolute atomic E-state index is 0.0204. The second-order valence-corrected chi connectivity index (χ2v) is 11.9. The number of nitriles is 1. The normalized spacial score (nSPS) is 15.1. The van der Waals surface area contributed by atoms with Crippen molar-refractivity contribution in [2.45, 2.75) is 41.9 Å². The molecule has 1 saturated carbocycles. The van der Waals surface area contributed by atoms with Crippen molar-refractivity contribution in [2.75, 3.05) is 7.11 Å². The third kappa shape index (κ3) is 5.86. The van der Waals surface area contributed by atoms with E-state index in [9.17, 15) is 67.2 Å². The number of carbonyl (C=O) groups is 2. The lowest BCUT2D eigenvalue weighted by molar-refractivity contribution is -0.307. The SMILES string of the molecule is COC(=O)N(C(=O)c1cc(-c2cnn(-c3c(C(F)(F)F)c(OS(=O)(=O)C(F)(C(F)(F)F)C(F)(F)F)nn3C)c2)ccc1Cl)C1(C#N)CC1. The molecule has 0 unspecified atom stereocenters. The van der Waals surface area contributed by atoms with Crippen LogP contribution >= 0.6 is 11.6 Å². The van der Waals surface area contributed by atoms with E-state index in [0.717, 1.165) is 31.6 Å². The summed E-state index contributed by atoms with van der Waals surface area (Å²) in [4.78, 5) is 26.2. The van der Waals surface area contributed by atoms with Gasteiger partial charge in [-0.15, -0.1) is 5.10 Å². The Morgan fingerprint density at radius 2 is 1.62 bits per heavy atom. The monoisotopic (exact) mass is 740 g/mol. The van der Waals surface area contributed by atoms with Crippen molar-refractivity contribution in [2.24, 2.45) is 7.05 Å². The number of imide groups is 1. The number of methoxy groups -OCH3 is 1. The molecule has 2 aromatic heterocycles. The predicted molar refractivity (Wildman–Crippen MR) is 137 cm³/mol. The molecule has 0 bridgehead atoms. The van der Waals surface area contributed by atoms with E-state index < -0.39 is 68.4 Å². The zero-order chi connectivity index (χ0) is 36.4. The zero-order valence-corrected chi connectivity index (χ0v) is 25.1. The molecule has 0 aliphatic heterocycles. The molecule has 12 nitrogen and oxygen atoms in total. The predicted octanol–water partition coefficient (Wildman–Crippen LogP) is 5.71.